The molecule has 4 aromatic rings. The van der Waals surface area contributed by atoms with Gasteiger partial charge in [0.15, 0.2) is 5.11 Å². The van der Waals surface area contributed by atoms with Crippen molar-refractivity contribution in [1.29, 1.82) is 0 Å². The zero-order chi connectivity index (χ0) is 67.7. The summed E-state index contributed by atoms with van der Waals surface area (Å²) in [5, 5.41) is 64.4. The molecule has 1 aliphatic rings. The quantitative estimate of drug-likeness (QED) is 0.0203. The predicted molar refractivity (Wildman–Crippen MR) is 341 cm³/mol. The summed E-state index contributed by atoms with van der Waals surface area (Å²) in [5.41, 5.74) is 7.39. The number of primary amides is 1. The van der Waals surface area contributed by atoms with Crippen molar-refractivity contribution in [2.75, 3.05) is 70.8 Å². The molecule has 1 unspecified atom stereocenters. The van der Waals surface area contributed by atoms with Crippen LogP contribution in [-0.4, -0.2) is 220 Å². The fraction of sp³-hybridized carbons (Fsp3) is 0.500. The first-order valence-electron chi connectivity index (χ1n) is 30.6. The van der Waals surface area contributed by atoms with Gasteiger partial charge in [-0.15, -0.1) is 0 Å². The van der Waals surface area contributed by atoms with Crippen LogP contribution in [0.3, 0.4) is 0 Å². The number of benzene rings is 2. The van der Waals surface area contributed by atoms with Gasteiger partial charge in [-0.05, 0) is 99.5 Å². The van der Waals surface area contributed by atoms with E-state index >= 15 is 0 Å². The Morgan fingerprint density at radius 3 is 1.59 bits per heavy atom. The van der Waals surface area contributed by atoms with Crippen LogP contribution < -0.4 is 53.6 Å². The minimum Gasteiger partial charge on any atom is -0.508 e. The van der Waals surface area contributed by atoms with E-state index in [1.54, 1.807) is 70.8 Å². The molecule has 506 valence electrons. The van der Waals surface area contributed by atoms with E-state index in [2.05, 4.69) is 57.8 Å². The number of nitrogens with zero attached hydrogens (tertiary/aromatic N) is 7. The Morgan fingerprint density at radius 2 is 1.09 bits per heavy atom. The molecule has 0 radical (unpaired) electrons. The molecule has 1 fully saturated rings. The van der Waals surface area contributed by atoms with E-state index < -0.39 is 78.5 Å². The summed E-state index contributed by atoms with van der Waals surface area (Å²) >= 11 is 5.57. The van der Waals surface area contributed by atoms with Crippen LogP contribution in [-0.2, 0) is 69.1 Å². The van der Waals surface area contributed by atoms with Crippen LogP contribution in [0.4, 0.5) is 15.3 Å². The van der Waals surface area contributed by atoms with E-state index in [1.165, 1.54) is 36.1 Å². The summed E-state index contributed by atoms with van der Waals surface area (Å²) in [5.74, 6) is -5.71. The lowest BCUT2D eigenvalue weighted by Crippen LogP contribution is -2.58. The van der Waals surface area contributed by atoms with Crippen molar-refractivity contribution in [3.05, 3.63) is 97.1 Å². The number of phenols is 1. The Hall–Kier alpha value is -9.92. The van der Waals surface area contributed by atoms with Crippen LogP contribution in [0.15, 0.2) is 86.0 Å². The molecule has 0 saturated carbocycles. The standard InChI is InChI=1S/C60H85N17O15S/c1-40(68-58(93)69-43-12-8-41(9-13-43)34-44-36-75(37-53(83)84)30-31-76(59(89)90)32-33-77(44)60(91)92)55(86)71-47(7-3-5-21-65-50(80)17-19-52(82)67-25-29-74-27-23-63-39-74)56(87)72-48(35-42-10-14-45(78)15-11-42)57(88)70-46(54(61)85)6-2-4-20-64-49(79)16-18-51(81)66-24-28-73-26-22-62-38-73/h8-15,22-23,26-27,38-40,44,46-48,78H,2-7,16-21,24-25,28-37H2,1H3,(H2,61,85)(H,64,79)(H,65,80)(H,66,81)(H,67,82)(H,70,88)(H,71,86)(H,72,87)(H,83,84)(H,89,90)(H,91,92)(H2,68,69,93)/t40-,44?,46-,47-,48-/m1/s1. The number of unbranched alkanes of at least 4 members (excludes halogenated alkanes) is 2. The molecule has 3 heterocycles. The number of carbonyl (C=O) groups excluding carboxylic acids is 8. The maximum atomic E-state index is 14.5. The van der Waals surface area contributed by atoms with Crippen LogP contribution in [0.25, 0.3) is 0 Å². The van der Waals surface area contributed by atoms with Crippen LogP contribution >= 0.6 is 12.2 Å². The highest BCUT2D eigenvalue weighted by Crippen LogP contribution is 2.18. The first kappa shape index (κ1) is 73.8. The van der Waals surface area contributed by atoms with Crippen molar-refractivity contribution >= 4 is 88.4 Å². The number of anilines is 1. The Morgan fingerprint density at radius 1 is 0.591 bits per heavy atom. The molecule has 0 bridgehead atoms. The third-order valence-electron chi connectivity index (χ3n) is 15.0. The average molecular weight is 1320 g/mol. The van der Waals surface area contributed by atoms with E-state index in [-0.39, 0.29) is 138 Å². The van der Waals surface area contributed by atoms with Crippen molar-refractivity contribution in [3.8, 4) is 5.75 Å². The van der Waals surface area contributed by atoms with Gasteiger partial charge in [0.2, 0.25) is 47.3 Å². The molecule has 32 nitrogen and oxygen atoms in total. The lowest BCUT2D eigenvalue weighted by atomic mass is 10.0. The number of carbonyl (C=O) groups is 11. The van der Waals surface area contributed by atoms with Gasteiger partial charge < -0.3 is 92.9 Å². The highest BCUT2D eigenvalue weighted by atomic mass is 32.1. The zero-order valence-electron chi connectivity index (χ0n) is 51.8. The van der Waals surface area contributed by atoms with E-state index in [4.69, 9.17) is 18.0 Å². The topological polar surface area (TPSA) is 448 Å². The van der Waals surface area contributed by atoms with Crippen molar-refractivity contribution in [2.45, 2.75) is 127 Å². The van der Waals surface area contributed by atoms with Gasteiger partial charge in [0.25, 0.3) is 0 Å². The summed E-state index contributed by atoms with van der Waals surface area (Å²) in [6.45, 7) is 2.96. The van der Waals surface area contributed by atoms with E-state index in [1.807, 2.05) is 0 Å². The Kier molecular flexibility index (Phi) is 31.2. The second-order valence-electron chi connectivity index (χ2n) is 22.2. The number of thiocarbonyl (C=S) groups is 1. The second kappa shape index (κ2) is 39.4. The number of hydrogen-bond donors (Lipinski definition) is 14. The smallest absolute Gasteiger partial charge is 0.407 e. The van der Waals surface area contributed by atoms with Gasteiger partial charge in [-0.2, -0.15) is 0 Å². The summed E-state index contributed by atoms with van der Waals surface area (Å²) in [6, 6.07) is 6.82. The van der Waals surface area contributed by atoms with Gasteiger partial charge in [-0.1, -0.05) is 24.3 Å². The van der Waals surface area contributed by atoms with Crippen molar-refractivity contribution in [3.63, 3.8) is 0 Å². The molecule has 10 amide bonds. The SMILES string of the molecule is C[C@@H](NC(=S)Nc1ccc(CC2CN(CC(=O)O)CCN(C(=O)O)CCN2C(=O)O)cc1)C(=O)N[C@H](CCCCNC(=O)CCC(=O)NCCn1ccnc1)C(=O)N[C@H](Cc1ccc(O)cc1)C(=O)N[C@H](CCCCNC(=O)CCC(=O)NCCn1ccnc1)C(N)=O. The molecule has 33 heteroatoms. The monoisotopic (exact) mass is 1320 g/mol. The first-order chi connectivity index (χ1) is 44.5. The molecule has 0 aliphatic carbocycles. The maximum absolute atomic E-state index is 14.5. The number of carboxylic acids is 1. The number of aromatic nitrogens is 4. The highest BCUT2D eigenvalue weighted by molar-refractivity contribution is 7.80. The van der Waals surface area contributed by atoms with Crippen LogP contribution in [0.5, 0.6) is 5.75 Å². The third-order valence-corrected chi connectivity index (χ3v) is 15.2. The third kappa shape index (κ3) is 28.4. The van der Waals surface area contributed by atoms with Crippen molar-refractivity contribution < 1.29 is 73.2 Å². The van der Waals surface area contributed by atoms with Gasteiger partial charge in [0, 0.05) is 135 Å². The molecule has 2 aromatic carbocycles. The number of aliphatic carboxylic acids is 1. The van der Waals surface area contributed by atoms with Gasteiger partial charge in [-0.25, -0.2) is 19.6 Å². The molecule has 1 saturated heterocycles. The van der Waals surface area contributed by atoms with E-state index in [9.17, 15) is 73.2 Å². The fourth-order valence-electron chi connectivity index (χ4n) is 9.82. The van der Waals surface area contributed by atoms with Gasteiger partial charge >= 0.3 is 18.2 Å². The molecule has 5 rings (SSSR count). The number of carboxylic acid groups (broad SMARTS) is 3. The molecule has 15 N–H and O–H groups in total. The molecule has 2 aromatic heterocycles. The van der Waals surface area contributed by atoms with Crippen molar-refractivity contribution in [1.82, 2.24) is 76.3 Å². The first-order valence-corrected chi connectivity index (χ1v) is 31.0. The maximum Gasteiger partial charge on any atom is 0.407 e. The van der Waals surface area contributed by atoms with E-state index in [0.29, 0.717) is 62.3 Å². The van der Waals surface area contributed by atoms with Gasteiger partial charge in [0.05, 0.1) is 25.2 Å². The van der Waals surface area contributed by atoms with Crippen LogP contribution in [0.1, 0.15) is 82.3 Å². The molecule has 1 aliphatic heterocycles. The minimum atomic E-state index is -1.37. The summed E-state index contributed by atoms with van der Waals surface area (Å²) in [6.07, 6.45) is 8.58. The number of phenolic OH excluding ortho intramolecular Hbond substituents is 1. The summed E-state index contributed by atoms with van der Waals surface area (Å²) in [7, 11) is 0. The summed E-state index contributed by atoms with van der Waals surface area (Å²) in [4.78, 5) is 153. The highest BCUT2D eigenvalue weighted by Gasteiger charge is 2.32. The molecule has 93 heavy (non-hydrogen) atoms. The largest absolute Gasteiger partial charge is 0.508 e. The average Bonchev–Trinajstić information content (AvgIpc) is 1.95. The predicted octanol–water partition coefficient (Wildman–Crippen LogP) is -0.320. The molecular weight excluding hydrogens is 1230 g/mol. The number of nitrogens with two attached hydrogens (primary N) is 1. The van der Waals surface area contributed by atoms with Crippen LogP contribution in [0, 0.1) is 0 Å². The lowest BCUT2D eigenvalue weighted by molar-refractivity contribution is -0.138. The lowest BCUT2D eigenvalue weighted by Gasteiger charge is -2.32. The second-order valence-corrected chi connectivity index (χ2v) is 22.6. The minimum absolute atomic E-state index is 0.00780. The van der Waals surface area contributed by atoms with Gasteiger partial charge in [-0.3, -0.25) is 48.1 Å². The molecular formula is C60H85N17O15S. The normalized spacial score (nSPS) is 14.6. The number of hydrogen-bond acceptors (Lipinski definition) is 16. The Bertz CT molecular complexity index is 3100. The van der Waals surface area contributed by atoms with E-state index in [0.717, 1.165) is 9.80 Å². The van der Waals surface area contributed by atoms with Crippen LogP contribution in [0.2, 0.25) is 0 Å². The Labute approximate surface area is 542 Å². The molecule has 0 spiro atoms. The number of rotatable bonds is 37. The zero-order valence-corrected chi connectivity index (χ0v) is 52.7. The number of imidazole rings is 2. The van der Waals surface area contributed by atoms with Gasteiger partial charge in [0.1, 0.15) is 29.9 Å². The Balaban J connectivity index is 1.20. The number of nitrogens with one attached hydrogen (secondary N) is 9. The molecule has 5 atom stereocenters. The van der Waals surface area contributed by atoms with Crippen molar-refractivity contribution in [2.24, 2.45) is 5.73 Å². The fourth-order valence-corrected chi connectivity index (χ4v) is 10.1. The summed E-state index contributed by atoms with van der Waals surface area (Å²) < 4.78 is 3.60. The number of aromatic hydroxyl groups is 1. The number of amides is 10.